The van der Waals surface area contributed by atoms with Gasteiger partial charge in [0, 0.05) is 30.1 Å². The minimum Gasteiger partial charge on any atom is -0.371 e. The van der Waals surface area contributed by atoms with Gasteiger partial charge in [0.25, 0.3) is 0 Å². The fourth-order valence-electron chi connectivity index (χ4n) is 3.81. The van der Waals surface area contributed by atoms with Crippen LogP contribution in [0.4, 0.5) is 20.2 Å². The Bertz CT molecular complexity index is 1240. The molecule has 3 aromatic rings. The number of H-pyrrole nitrogens is 1. The fourth-order valence-corrected chi connectivity index (χ4v) is 3.81. The molecule has 0 unspecified atom stereocenters. The van der Waals surface area contributed by atoms with Crippen molar-refractivity contribution in [1.29, 1.82) is 0 Å². The number of nitrogens with one attached hydrogen (secondary N) is 4. The number of rotatable bonds is 4. The van der Waals surface area contributed by atoms with Crippen molar-refractivity contribution in [3.63, 3.8) is 0 Å². The number of anilines is 2. The molecule has 0 saturated heterocycles. The molecule has 0 saturated carbocycles. The van der Waals surface area contributed by atoms with E-state index in [2.05, 4.69) is 38.0 Å². The van der Waals surface area contributed by atoms with Crippen molar-refractivity contribution in [2.75, 3.05) is 17.2 Å². The minimum atomic E-state index is -0.665. The molecule has 1 aliphatic heterocycles. The Morgan fingerprint density at radius 2 is 2.03 bits per heavy atom. The largest absolute Gasteiger partial charge is 0.371 e. The van der Waals surface area contributed by atoms with E-state index in [0.717, 1.165) is 10.9 Å². The summed E-state index contributed by atoms with van der Waals surface area (Å²) in [7, 11) is 0. The highest BCUT2D eigenvalue weighted by molar-refractivity contribution is 6.10. The third-order valence-corrected chi connectivity index (χ3v) is 5.42. The van der Waals surface area contributed by atoms with Crippen LogP contribution in [0.3, 0.4) is 0 Å². The Morgan fingerprint density at radius 3 is 2.81 bits per heavy atom. The number of aryl methyl sites for hydroxylation is 1. The van der Waals surface area contributed by atoms with Crippen LogP contribution in [-0.2, 0) is 0 Å². The number of benzene rings is 2. The van der Waals surface area contributed by atoms with E-state index in [1.54, 1.807) is 13.0 Å². The third kappa shape index (κ3) is 3.70. The van der Waals surface area contributed by atoms with E-state index < -0.39 is 17.2 Å². The average molecular weight is 421 g/mol. The maximum absolute atomic E-state index is 15.7. The summed E-state index contributed by atoms with van der Waals surface area (Å²) in [5.74, 6) is 5.00. The lowest BCUT2D eigenvalue weighted by Gasteiger charge is -2.36. The van der Waals surface area contributed by atoms with Crippen LogP contribution in [0.1, 0.15) is 32.8 Å². The quantitative estimate of drug-likeness (QED) is 0.261. The van der Waals surface area contributed by atoms with Gasteiger partial charge < -0.3 is 21.0 Å². The molecule has 0 amide bonds. The second kappa shape index (κ2) is 7.95. The molecule has 1 aromatic heterocycles. The van der Waals surface area contributed by atoms with Gasteiger partial charge in [-0.3, -0.25) is 0 Å². The van der Waals surface area contributed by atoms with Gasteiger partial charge >= 0.3 is 0 Å². The zero-order valence-corrected chi connectivity index (χ0v) is 18.0. The Morgan fingerprint density at radius 1 is 1.23 bits per heavy atom. The summed E-state index contributed by atoms with van der Waals surface area (Å²) >= 11 is 0. The van der Waals surface area contributed by atoms with Crippen LogP contribution in [-0.4, -0.2) is 22.9 Å². The van der Waals surface area contributed by atoms with Gasteiger partial charge in [-0.1, -0.05) is 18.2 Å². The van der Waals surface area contributed by atoms with Crippen molar-refractivity contribution in [3.05, 3.63) is 47.7 Å². The van der Waals surface area contributed by atoms with Crippen LogP contribution >= 0.6 is 0 Å². The van der Waals surface area contributed by atoms with Gasteiger partial charge in [0.05, 0.1) is 22.3 Å². The molecule has 4 rings (SSSR count). The van der Waals surface area contributed by atoms with E-state index in [4.69, 9.17) is 0 Å². The zero-order chi connectivity index (χ0) is 22.2. The molecule has 31 heavy (non-hydrogen) atoms. The lowest BCUT2D eigenvalue weighted by molar-refractivity contribution is 0.589. The van der Waals surface area contributed by atoms with E-state index >= 15 is 8.78 Å². The van der Waals surface area contributed by atoms with Gasteiger partial charge in [0.1, 0.15) is 11.5 Å². The summed E-state index contributed by atoms with van der Waals surface area (Å²) in [6, 6.07) is 6.79. The van der Waals surface area contributed by atoms with Gasteiger partial charge in [0.2, 0.25) is 0 Å². The molecule has 0 aliphatic carbocycles. The van der Waals surface area contributed by atoms with Crippen molar-refractivity contribution >= 4 is 28.1 Å². The molecule has 0 bridgehead atoms. The SMILES string of the molecule is CC#CCCNN=C1Nc2c(cc(F)c(-c3cccc4c(C)c[nH]c34)c2F)NC1(C)C. The molecule has 0 radical (unpaired) electrons. The number of aromatic nitrogens is 1. The Kier molecular flexibility index (Phi) is 5.32. The minimum absolute atomic E-state index is 0.0780. The summed E-state index contributed by atoms with van der Waals surface area (Å²) in [6.07, 6.45) is 2.49. The first kappa shape index (κ1) is 20.7. The highest BCUT2D eigenvalue weighted by Gasteiger charge is 2.35. The first-order valence-electron chi connectivity index (χ1n) is 10.2. The predicted octanol–water partition coefficient (Wildman–Crippen LogP) is 5.35. The molecule has 160 valence electrons. The molecular weight excluding hydrogens is 396 g/mol. The number of aromatic amines is 1. The second-order valence-corrected chi connectivity index (χ2v) is 8.09. The van der Waals surface area contributed by atoms with Crippen LogP contribution < -0.4 is 16.1 Å². The van der Waals surface area contributed by atoms with Crippen LogP contribution in [0.5, 0.6) is 0 Å². The fraction of sp³-hybridized carbons (Fsp3) is 0.292. The van der Waals surface area contributed by atoms with E-state index in [9.17, 15) is 0 Å². The third-order valence-electron chi connectivity index (χ3n) is 5.42. The van der Waals surface area contributed by atoms with E-state index in [0.29, 0.717) is 35.6 Å². The average Bonchev–Trinajstić information content (AvgIpc) is 3.10. The molecule has 0 atom stereocenters. The summed E-state index contributed by atoms with van der Waals surface area (Å²) < 4.78 is 30.9. The van der Waals surface area contributed by atoms with Crippen molar-refractivity contribution in [2.24, 2.45) is 5.10 Å². The van der Waals surface area contributed by atoms with E-state index in [-0.39, 0.29) is 11.3 Å². The number of amidine groups is 1. The van der Waals surface area contributed by atoms with Crippen LogP contribution in [0.25, 0.3) is 22.0 Å². The zero-order valence-electron chi connectivity index (χ0n) is 18.0. The van der Waals surface area contributed by atoms with E-state index in [1.165, 1.54) is 6.07 Å². The molecule has 7 heteroatoms. The molecule has 0 spiro atoms. The smallest absolute Gasteiger partial charge is 0.159 e. The number of hydrazone groups is 1. The number of halogens is 2. The molecule has 4 N–H and O–H groups in total. The molecule has 2 heterocycles. The lowest BCUT2D eigenvalue weighted by Crippen LogP contribution is -2.49. The van der Waals surface area contributed by atoms with Crippen molar-refractivity contribution < 1.29 is 8.78 Å². The summed E-state index contributed by atoms with van der Waals surface area (Å²) in [6.45, 7) is 8.09. The number of para-hydroxylation sites is 1. The lowest BCUT2D eigenvalue weighted by atomic mass is 9.95. The van der Waals surface area contributed by atoms with Crippen molar-refractivity contribution in [2.45, 2.75) is 39.7 Å². The molecule has 2 aromatic carbocycles. The summed E-state index contributed by atoms with van der Waals surface area (Å²) in [4.78, 5) is 3.14. The van der Waals surface area contributed by atoms with Crippen LogP contribution in [0, 0.1) is 30.4 Å². The second-order valence-electron chi connectivity index (χ2n) is 8.09. The maximum Gasteiger partial charge on any atom is 0.159 e. The normalized spacial score (nSPS) is 15.6. The monoisotopic (exact) mass is 421 g/mol. The number of hydrogen-bond donors (Lipinski definition) is 4. The summed E-state index contributed by atoms with van der Waals surface area (Å²) in [5, 5.41) is 11.6. The Balaban J connectivity index is 1.77. The standard InChI is InChI=1S/C24H25F2N5/c1-5-6-7-11-28-31-23-24(3,4)30-18-12-17(25)19(20(26)22(18)29-23)16-10-8-9-15-14(2)13-27-21(15)16/h8-10,12-13,27-28,30H,7,11H2,1-4H3,(H,29,31). The van der Waals surface area contributed by atoms with Gasteiger partial charge in [0.15, 0.2) is 11.7 Å². The van der Waals surface area contributed by atoms with Crippen LogP contribution in [0.2, 0.25) is 0 Å². The van der Waals surface area contributed by atoms with Crippen LogP contribution in [0.15, 0.2) is 35.6 Å². The van der Waals surface area contributed by atoms with Crippen molar-refractivity contribution in [3.8, 4) is 23.0 Å². The maximum atomic E-state index is 15.7. The van der Waals surface area contributed by atoms with E-state index in [1.807, 2.05) is 39.1 Å². The molecule has 1 aliphatic rings. The molecule has 0 fully saturated rings. The number of nitrogens with zero attached hydrogens (tertiary/aromatic N) is 1. The molecule has 5 nitrogen and oxygen atoms in total. The number of fused-ring (bicyclic) bond motifs is 2. The van der Waals surface area contributed by atoms with Gasteiger partial charge in [-0.25, -0.2) is 8.78 Å². The highest BCUT2D eigenvalue weighted by Crippen LogP contribution is 2.41. The Hall–Kier alpha value is -3.53. The summed E-state index contributed by atoms with van der Waals surface area (Å²) in [5.41, 5.74) is 4.96. The highest BCUT2D eigenvalue weighted by atomic mass is 19.1. The first-order valence-corrected chi connectivity index (χ1v) is 10.2. The Labute approximate surface area is 180 Å². The van der Waals surface area contributed by atoms with Crippen molar-refractivity contribution in [1.82, 2.24) is 10.4 Å². The van der Waals surface area contributed by atoms with Gasteiger partial charge in [-0.15, -0.1) is 11.8 Å². The molecular formula is C24H25F2N5. The van der Waals surface area contributed by atoms with Gasteiger partial charge in [-0.05, 0) is 39.3 Å². The predicted molar refractivity (Wildman–Crippen MR) is 123 cm³/mol. The topological polar surface area (TPSA) is 64.2 Å². The first-order chi connectivity index (χ1) is 14.8. The number of hydrogen-bond acceptors (Lipinski definition) is 3. The van der Waals surface area contributed by atoms with Gasteiger partial charge in [-0.2, -0.15) is 5.10 Å².